The number of ether oxygens (including phenoxy) is 1. The molecule has 0 N–H and O–H groups in total. The normalized spacial score (nSPS) is 16.4. The molecule has 1 aliphatic rings. The van der Waals surface area contributed by atoms with Crippen LogP contribution in [0.25, 0.3) is 0 Å². The van der Waals surface area contributed by atoms with Crippen LogP contribution in [0.15, 0.2) is 30.3 Å². The summed E-state index contributed by atoms with van der Waals surface area (Å²) < 4.78 is 5.53. The molecule has 0 spiro atoms. The van der Waals surface area contributed by atoms with Gasteiger partial charge in [-0.25, -0.2) is 0 Å². The quantitative estimate of drug-likeness (QED) is 0.828. The second kappa shape index (κ2) is 6.42. The molecule has 0 aromatic heterocycles. The highest BCUT2D eigenvalue weighted by molar-refractivity contribution is 5.77. The van der Waals surface area contributed by atoms with E-state index in [1.807, 2.05) is 30.3 Å². The van der Waals surface area contributed by atoms with Gasteiger partial charge in [-0.2, -0.15) is 5.26 Å². The third-order valence-electron chi connectivity index (χ3n) is 3.98. The minimum Gasteiger partial charge on any atom is -0.493 e. The third kappa shape index (κ3) is 3.11. The zero-order valence-corrected chi connectivity index (χ0v) is 11.8. The Morgan fingerprint density at radius 2 is 2.00 bits per heavy atom. The Morgan fingerprint density at radius 3 is 2.60 bits per heavy atom. The van der Waals surface area contributed by atoms with Crippen molar-refractivity contribution in [2.24, 2.45) is 0 Å². The summed E-state index contributed by atoms with van der Waals surface area (Å²) in [6, 6.07) is 11.8. The predicted octanol–water partition coefficient (Wildman–Crippen LogP) is 2.75. The molecule has 1 aliphatic carbocycles. The highest BCUT2D eigenvalue weighted by Gasteiger charge is 2.40. The first-order chi connectivity index (χ1) is 9.68. The van der Waals surface area contributed by atoms with E-state index in [0.717, 1.165) is 31.4 Å². The molecule has 1 fully saturated rings. The predicted molar refractivity (Wildman–Crippen MR) is 76.1 cm³/mol. The molecule has 0 bridgehead atoms. The molecule has 0 aliphatic heterocycles. The van der Waals surface area contributed by atoms with Crippen molar-refractivity contribution in [3.05, 3.63) is 30.3 Å². The van der Waals surface area contributed by atoms with E-state index >= 15 is 0 Å². The Labute approximate surface area is 120 Å². The topological polar surface area (TPSA) is 53.3 Å². The zero-order valence-electron chi connectivity index (χ0n) is 11.8. The van der Waals surface area contributed by atoms with E-state index in [4.69, 9.17) is 4.74 Å². The van der Waals surface area contributed by atoms with Crippen LogP contribution in [0.5, 0.6) is 5.75 Å². The third-order valence-corrected chi connectivity index (χ3v) is 3.98. The monoisotopic (exact) mass is 272 g/mol. The van der Waals surface area contributed by atoms with Crippen LogP contribution in [-0.2, 0) is 4.79 Å². The molecule has 4 heteroatoms. The Balaban J connectivity index is 1.84. The van der Waals surface area contributed by atoms with Crippen LogP contribution >= 0.6 is 0 Å². The van der Waals surface area contributed by atoms with Crippen molar-refractivity contribution in [2.75, 3.05) is 13.7 Å². The molecule has 0 unspecified atom stereocenters. The van der Waals surface area contributed by atoms with E-state index in [2.05, 4.69) is 6.07 Å². The molecule has 0 atom stereocenters. The number of hydrogen-bond acceptors (Lipinski definition) is 3. The van der Waals surface area contributed by atoms with E-state index in [1.54, 1.807) is 11.9 Å². The maximum absolute atomic E-state index is 12.2. The van der Waals surface area contributed by atoms with Crippen molar-refractivity contribution in [2.45, 2.75) is 37.6 Å². The van der Waals surface area contributed by atoms with E-state index in [9.17, 15) is 10.1 Å². The second-order valence-electron chi connectivity index (χ2n) is 5.21. The number of carbonyl (C=O) groups excluding carboxylic acids is 1. The number of rotatable bonds is 5. The van der Waals surface area contributed by atoms with Gasteiger partial charge in [0, 0.05) is 7.05 Å². The molecule has 0 heterocycles. The Hall–Kier alpha value is -2.02. The molecule has 20 heavy (non-hydrogen) atoms. The number of amides is 1. The Bertz CT molecular complexity index is 487. The Kier molecular flexibility index (Phi) is 4.62. The molecular formula is C16H20N2O2. The van der Waals surface area contributed by atoms with Crippen LogP contribution in [-0.4, -0.2) is 30.0 Å². The van der Waals surface area contributed by atoms with Gasteiger partial charge in [0.25, 0.3) is 0 Å². The van der Waals surface area contributed by atoms with Crippen molar-refractivity contribution in [1.29, 1.82) is 5.26 Å². The standard InChI is InChI=1S/C16H20N2O2/c1-18(16(13-17)10-5-6-11-16)15(19)9-12-20-14-7-3-2-4-8-14/h2-4,7-8H,5-6,9-12H2,1H3. The summed E-state index contributed by atoms with van der Waals surface area (Å²) in [5, 5.41) is 9.36. The van der Waals surface area contributed by atoms with Gasteiger partial charge in [-0.3, -0.25) is 4.79 Å². The lowest BCUT2D eigenvalue weighted by Gasteiger charge is -2.32. The minimum atomic E-state index is -0.593. The molecule has 1 saturated carbocycles. The lowest BCUT2D eigenvalue weighted by atomic mass is 9.97. The highest BCUT2D eigenvalue weighted by Crippen LogP contribution is 2.34. The van der Waals surface area contributed by atoms with Crippen molar-refractivity contribution >= 4 is 5.91 Å². The lowest BCUT2D eigenvalue weighted by Crippen LogP contribution is -2.46. The first kappa shape index (κ1) is 14.4. The molecule has 0 saturated heterocycles. The summed E-state index contributed by atoms with van der Waals surface area (Å²) >= 11 is 0. The maximum Gasteiger partial charge on any atom is 0.227 e. The summed E-state index contributed by atoms with van der Waals surface area (Å²) in [6.45, 7) is 0.342. The van der Waals surface area contributed by atoms with Crippen LogP contribution in [0.3, 0.4) is 0 Å². The highest BCUT2D eigenvalue weighted by atomic mass is 16.5. The van der Waals surface area contributed by atoms with Gasteiger partial charge in [0.2, 0.25) is 5.91 Å². The van der Waals surface area contributed by atoms with Crippen LogP contribution in [0.1, 0.15) is 32.1 Å². The molecule has 0 radical (unpaired) electrons. The van der Waals surface area contributed by atoms with Gasteiger partial charge < -0.3 is 9.64 Å². The van der Waals surface area contributed by atoms with Gasteiger partial charge in [0.1, 0.15) is 11.3 Å². The summed E-state index contributed by atoms with van der Waals surface area (Å²) in [7, 11) is 1.74. The molecule has 4 nitrogen and oxygen atoms in total. The van der Waals surface area contributed by atoms with Gasteiger partial charge in [-0.05, 0) is 37.8 Å². The number of benzene rings is 1. The van der Waals surface area contributed by atoms with Gasteiger partial charge in [0.05, 0.1) is 19.1 Å². The van der Waals surface area contributed by atoms with Crippen molar-refractivity contribution in [3.8, 4) is 11.8 Å². The van der Waals surface area contributed by atoms with Crippen molar-refractivity contribution in [1.82, 2.24) is 4.90 Å². The first-order valence-corrected chi connectivity index (χ1v) is 7.04. The summed E-state index contributed by atoms with van der Waals surface area (Å²) in [6.07, 6.45) is 3.91. The SMILES string of the molecule is CN(C(=O)CCOc1ccccc1)C1(C#N)CCCC1. The smallest absolute Gasteiger partial charge is 0.227 e. The Morgan fingerprint density at radius 1 is 1.35 bits per heavy atom. The van der Waals surface area contributed by atoms with Crippen LogP contribution < -0.4 is 4.74 Å². The molecule has 106 valence electrons. The molecular weight excluding hydrogens is 252 g/mol. The summed E-state index contributed by atoms with van der Waals surface area (Å²) in [5.74, 6) is 0.739. The van der Waals surface area contributed by atoms with E-state index < -0.39 is 5.54 Å². The fourth-order valence-electron chi connectivity index (χ4n) is 2.66. The molecule has 1 amide bonds. The summed E-state index contributed by atoms with van der Waals surface area (Å²) in [4.78, 5) is 13.8. The number of nitriles is 1. The van der Waals surface area contributed by atoms with Crippen LogP contribution in [0, 0.1) is 11.3 Å². The average molecular weight is 272 g/mol. The first-order valence-electron chi connectivity index (χ1n) is 7.04. The zero-order chi connectivity index (χ0) is 14.4. The number of nitrogens with zero attached hydrogens (tertiary/aromatic N) is 2. The molecule has 1 aromatic rings. The largest absolute Gasteiger partial charge is 0.493 e. The second-order valence-corrected chi connectivity index (χ2v) is 5.21. The fraction of sp³-hybridized carbons (Fsp3) is 0.500. The lowest BCUT2D eigenvalue weighted by molar-refractivity contribution is -0.134. The minimum absolute atomic E-state index is 0.0237. The summed E-state index contributed by atoms with van der Waals surface area (Å²) in [5.41, 5.74) is -0.593. The molecule has 1 aromatic carbocycles. The van der Waals surface area contributed by atoms with Crippen molar-refractivity contribution in [3.63, 3.8) is 0 Å². The van der Waals surface area contributed by atoms with E-state index in [0.29, 0.717) is 13.0 Å². The van der Waals surface area contributed by atoms with Gasteiger partial charge in [-0.15, -0.1) is 0 Å². The fourth-order valence-corrected chi connectivity index (χ4v) is 2.66. The molecule has 2 rings (SSSR count). The van der Waals surface area contributed by atoms with Crippen LogP contribution in [0.4, 0.5) is 0 Å². The average Bonchev–Trinajstić information content (AvgIpc) is 2.97. The number of carbonyl (C=O) groups is 1. The maximum atomic E-state index is 12.2. The van der Waals surface area contributed by atoms with Gasteiger partial charge >= 0.3 is 0 Å². The van der Waals surface area contributed by atoms with Gasteiger partial charge in [-0.1, -0.05) is 18.2 Å². The van der Waals surface area contributed by atoms with E-state index in [-0.39, 0.29) is 5.91 Å². The number of hydrogen-bond donors (Lipinski definition) is 0. The van der Waals surface area contributed by atoms with Gasteiger partial charge in [0.15, 0.2) is 0 Å². The number of para-hydroxylation sites is 1. The van der Waals surface area contributed by atoms with Crippen molar-refractivity contribution < 1.29 is 9.53 Å². The van der Waals surface area contributed by atoms with E-state index in [1.165, 1.54) is 0 Å². The van der Waals surface area contributed by atoms with Crippen LogP contribution in [0.2, 0.25) is 0 Å².